The molecule has 2 fully saturated rings. The van der Waals surface area contributed by atoms with Crippen LogP contribution in [0, 0.1) is 5.92 Å². The first-order chi connectivity index (χ1) is 13.3. The molecule has 4 rings (SSSR count). The zero-order valence-corrected chi connectivity index (χ0v) is 16.7. The summed E-state index contributed by atoms with van der Waals surface area (Å²) in [6.07, 6.45) is 8.82. The Labute approximate surface area is 164 Å². The number of hydrogen-bond acceptors (Lipinski definition) is 4. The van der Waals surface area contributed by atoms with Crippen molar-refractivity contribution >= 4 is 0 Å². The number of fused-ring (bicyclic) bond motifs is 1. The Morgan fingerprint density at radius 2 is 1.78 bits per heavy atom. The van der Waals surface area contributed by atoms with Gasteiger partial charge in [0.15, 0.2) is 0 Å². The van der Waals surface area contributed by atoms with Gasteiger partial charge in [0.05, 0.1) is 6.10 Å². The first-order valence-electron chi connectivity index (χ1n) is 11.1. The molecule has 3 aliphatic rings. The quantitative estimate of drug-likeness (QED) is 0.761. The van der Waals surface area contributed by atoms with E-state index in [1.165, 1.54) is 58.2 Å². The lowest BCUT2D eigenvalue weighted by Gasteiger charge is -2.38. The van der Waals surface area contributed by atoms with Crippen molar-refractivity contribution in [2.45, 2.75) is 57.1 Å². The highest BCUT2D eigenvalue weighted by Crippen LogP contribution is 2.29. The van der Waals surface area contributed by atoms with Crippen molar-refractivity contribution in [1.82, 2.24) is 9.80 Å². The number of benzene rings is 1. The highest BCUT2D eigenvalue weighted by molar-refractivity contribution is 5.33. The van der Waals surface area contributed by atoms with Gasteiger partial charge in [-0.15, -0.1) is 0 Å². The topological polar surface area (TPSA) is 35.9 Å². The molecular weight excluding hydrogens is 336 g/mol. The molecule has 0 spiro atoms. The molecule has 2 aliphatic heterocycles. The summed E-state index contributed by atoms with van der Waals surface area (Å²) in [6.45, 7) is 6.96. The second-order valence-electron chi connectivity index (χ2n) is 8.78. The average Bonchev–Trinajstić information content (AvgIpc) is 3.36. The fraction of sp³-hybridized carbons (Fsp3) is 0.739. The third-order valence-corrected chi connectivity index (χ3v) is 6.83. The normalized spacial score (nSPS) is 24.7. The molecule has 0 saturated carbocycles. The predicted molar refractivity (Wildman–Crippen MR) is 109 cm³/mol. The zero-order valence-electron chi connectivity index (χ0n) is 16.7. The fourth-order valence-corrected chi connectivity index (χ4v) is 5.29. The largest absolute Gasteiger partial charge is 0.396 e. The Kier molecular flexibility index (Phi) is 6.82. The summed E-state index contributed by atoms with van der Waals surface area (Å²) in [5, 5.41) is 9.25. The Hall–Kier alpha value is -0.940. The van der Waals surface area contributed by atoms with Crippen molar-refractivity contribution in [3.05, 3.63) is 35.4 Å². The van der Waals surface area contributed by atoms with Crippen LogP contribution in [0.3, 0.4) is 0 Å². The minimum absolute atomic E-state index is 0.294. The maximum Gasteiger partial charge on any atom is 0.0702 e. The molecule has 0 aromatic heterocycles. The first-order valence-corrected chi connectivity index (χ1v) is 11.1. The molecule has 1 unspecified atom stereocenters. The van der Waals surface area contributed by atoms with Crippen molar-refractivity contribution in [2.24, 2.45) is 5.92 Å². The number of ether oxygens (including phenoxy) is 1. The van der Waals surface area contributed by atoms with Crippen LogP contribution in [-0.4, -0.2) is 73.0 Å². The minimum Gasteiger partial charge on any atom is -0.396 e. The summed E-state index contributed by atoms with van der Waals surface area (Å²) in [5.41, 5.74) is 3.13. The van der Waals surface area contributed by atoms with Gasteiger partial charge in [0, 0.05) is 38.9 Å². The molecule has 0 amide bonds. The van der Waals surface area contributed by atoms with E-state index in [9.17, 15) is 5.11 Å². The highest BCUT2D eigenvalue weighted by atomic mass is 16.5. The van der Waals surface area contributed by atoms with E-state index in [1.807, 2.05) is 0 Å². The van der Waals surface area contributed by atoms with Crippen LogP contribution in [0.1, 0.15) is 43.2 Å². The fourth-order valence-electron chi connectivity index (χ4n) is 5.29. The smallest absolute Gasteiger partial charge is 0.0702 e. The molecular formula is C23H36N2O2. The van der Waals surface area contributed by atoms with Gasteiger partial charge in [-0.2, -0.15) is 0 Å². The molecule has 1 aromatic carbocycles. The van der Waals surface area contributed by atoms with Gasteiger partial charge in [-0.1, -0.05) is 24.3 Å². The average molecular weight is 373 g/mol. The first kappa shape index (κ1) is 19.4. The van der Waals surface area contributed by atoms with Crippen LogP contribution in [0.25, 0.3) is 0 Å². The molecule has 4 heteroatoms. The van der Waals surface area contributed by atoms with Crippen LogP contribution in [0.2, 0.25) is 0 Å². The highest BCUT2D eigenvalue weighted by Gasteiger charge is 2.30. The van der Waals surface area contributed by atoms with Crippen LogP contribution in [0.15, 0.2) is 24.3 Å². The van der Waals surface area contributed by atoms with E-state index in [1.54, 1.807) is 11.1 Å². The molecule has 1 aromatic rings. The lowest BCUT2D eigenvalue weighted by molar-refractivity contribution is 0.0547. The molecule has 27 heavy (non-hydrogen) atoms. The maximum absolute atomic E-state index is 9.25. The van der Waals surface area contributed by atoms with Crippen molar-refractivity contribution in [3.63, 3.8) is 0 Å². The van der Waals surface area contributed by atoms with Crippen LogP contribution >= 0.6 is 0 Å². The van der Waals surface area contributed by atoms with Gasteiger partial charge in [-0.3, -0.25) is 4.90 Å². The molecule has 1 aliphatic carbocycles. The number of piperidine rings is 1. The van der Waals surface area contributed by atoms with E-state index in [0.29, 0.717) is 12.7 Å². The molecule has 4 nitrogen and oxygen atoms in total. The van der Waals surface area contributed by atoms with Crippen LogP contribution in [-0.2, 0) is 17.6 Å². The summed E-state index contributed by atoms with van der Waals surface area (Å²) < 4.78 is 5.86. The van der Waals surface area contributed by atoms with Crippen molar-refractivity contribution in [3.8, 4) is 0 Å². The summed E-state index contributed by atoms with van der Waals surface area (Å²) in [5.74, 6) is 0.796. The number of nitrogens with zero attached hydrogens (tertiary/aromatic N) is 2. The second-order valence-corrected chi connectivity index (χ2v) is 8.78. The van der Waals surface area contributed by atoms with Crippen molar-refractivity contribution in [2.75, 3.05) is 45.9 Å². The third-order valence-electron chi connectivity index (χ3n) is 6.83. The summed E-state index contributed by atoms with van der Waals surface area (Å²) in [4.78, 5) is 5.31. The molecule has 1 atom stereocenters. The van der Waals surface area contributed by atoms with E-state index in [0.717, 1.165) is 38.1 Å². The van der Waals surface area contributed by atoms with E-state index in [2.05, 4.69) is 34.1 Å². The van der Waals surface area contributed by atoms with Crippen LogP contribution < -0.4 is 0 Å². The zero-order chi connectivity index (χ0) is 18.5. The SMILES string of the molecule is OCCCN(CC1CCN(C2Cc3ccccc3C2)CC1)CC1CCCO1. The van der Waals surface area contributed by atoms with E-state index < -0.39 is 0 Å². The lowest BCUT2D eigenvalue weighted by Crippen LogP contribution is -2.45. The van der Waals surface area contributed by atoms with Gasteiger partial charge < -0.3 is 14.7 Å². The Morgan fingerprint density at radius 1 is 1.04 bits per heavy atom. The molecule has 2 saturated heterocycles. The summed E-state index contributed by atoms with van der Waals surface area (Å²) in [6, 6.07) is 9.71. The Bertz CT molecular complexity index is 554. The van der Waals surface area contributed by atoms with Gasteiger partial charge >= 0.3 is 0 Å². The number of likely N-dealkylation sites (tertiary alicyclic amines) is 1. The number of aliphatic hydroxyl groups is 1. The van der Waals surface area contributed by atoms with E-state index >= 15 is 0 Å². The number of hydrogen-bond donors (Lipinski definition) is 1. The standard InChI is InChI=1S/C23H36N2O2/c26-13-4-10-24(18-23-7-3-14-27-23)17-19-8-11-25(12-9-19)22-15-20-5-1-2-6-21(20)16-22/h1-2,5-6,19,22-23,26H,3-4,7-18H2. The monoisotopic (exact) mass is 372 g/mol. The lowest BCUT2D eigenvalue weighted by atomic mass is 9.94. The molecule has 0 radical (unpaired) electrons. The summed E-state index contributed by atoms with van der Waals surface area (Å²) in [7, 11) is 0. The Morgan fingerprint density at radius 3 is 2.41 bits per heavy atom. The van der Waals surface area contributed by atoms with Gasteiger partial charge in [0.25, 0.3) is 0 Å². The van der Waals surface area contributed by atoms with Crippen molar-refractivity contribution in [1.29, 1.82) is 0 Å². The van der Waals surface area contributed by atoms with E-state index in [-0.39, 0.29) is 0 Å². The third kappa shape index (κ3) is 5.11. The number of aliphatic hydroxyl groups excluding tert-OH is 1. The minimum atomic E-state index is 0.294. The Balaban J connectivity index is 1.24. The maximum atomic E-state index is 9.25. The van der Waals surface area contributed by atoms with Crippen molar-refractivity contribution < 1.29 is 9.84 Å². The molecule has 2 heterocycles. The summed E-state index contributed by atoms with van der Waals surface area (Å²) >= 11 is 0. The molecule has 1 N–H and O–H groups in total. The molecule has 150 valence electrons. The van der Waals surface area contributed by atoms with Gasteiger partial charge in [-0.25, -0.2) is 0 Å². The van der Waals surface area contributed by atoms with Gasteiger partial charge in [-0.05, 0) is 75.1 Å². The number of rotatable bonds is 8. The predicted octanol–water partition coefficient (Wildman–Crippen LogP) is 2.73. The molecule has 0 bridgehead atoms. The van der Waals surface area contributed by atoms with Crippen LogP contribution in [0.4, 0.5) is 0 Å². The van der Waals surface area contributed by atoms with Crippen LogP contribution in [0.5, 0.6) is 0 Å². The van der Waals surface area contributed by atoms with Gasteiger partial charge in [0.2, 0.25) is 0 Å². The second kappa shape index (κ2) is 9.51. The van der Waals surface area contributed by atoms with Gasteiger partial charge in [0.1, 0.15) is 0 Å². The van der Waals surface area contributed by atoms with E-state index in [4.69, 9.17) is 4.74 Å².